The van der Waals surface area contributed by atoms with E-state index in [9.17, 15) is 14.7 Å². The summed E-state index contributed by atoms with van der Waals surface area (Å²) in [6, 6.07) is 13.3. The number of nitrogens with zero attached hydrogens (tertiary/aromatic N) is 1. The highest BCUT2D eigenvalue weighted by atomic mass is 32.2. The highest BCUT2D eigenvalue weighted by molar-refractivity contribution is 8.18. The first-order valence-electron chi connectivity index (χ1n) is 10.0. The number of benzene rings is 2. The zero-order valence-electron chi connectivity index (χ0n) is 18.4. The van der Waals surface area contributed by atoms with Crippen molar-refractivity contribution < 1.29 is 14.7 Å². The second-order valence-corrected chi connectivity index (χ2v) is 10.7. The van der Waals surface area contributed by atoms with Gasteiger partial charge in [0.05, 0.1) is 11.4 Å². The summed E-state index contributed by atoms with van der Waals surface area (Å²) in [5.74, 6) is 0.0147. The lowest BCUT2D eigenvalue weighted by atomic mass is 9.78. The Morgan fingerprint density at radius 2 is 1.47 bits per heavy atom. The zero-order chi connectivity index (χ0) is 22.3. The van der Waals surface area contributed by atoms with Gasteiger partial charge in [0.1, 0.15) is 5.75 Å². The van der Waals surface area contributed by atoms with Crippen LogP contribution in [0, 0.1) is 0 Å². The van der Waals surface area contributed by atoms with Gasteiger partial charge in [0.2, 0.25) is 0 Å². The molecular weight excluding hydrogens is 394 g/mol. The minimum atomic E-state index is -0.281. The predicted octanol–water partition coefficient (Wildman–Crippen LogP) is 6.22. The van der Waals surface area contributed by atoms with Crippen molar-refractivity contribution in [3.05, 3.63) is 69.6 Å². The molecule has 0 saturated carbocycles. The van der Waals surface area contributed by atoms with Crippen molar-refractivity contribution in [2.24, 2.45) is 0 Å². The lowest BCUT2D eigenvalue weighted by molar-refractivity contribution is -0.123. The Morgan fingerprint density at radius 3 is 1.97 bits per heavy atom. The van der Waals surface area contributed by atoms with E-state index in [4.69, 9.17) is 0 Å². The molecule has 0 aliphatic carbocycles. The maximum Gasteiger partial charge on any atom is 0.293 e. The van der Waals surface area contributed by atoms with Gasteiger partial charge >= 0.3 is 0 Å². The summed E-state index contributed by atoms with van der Waals surface area (Å²) in [6.07, 6.45) is 1.76. The summed E-state index contributed by atoms with van der Waals surface area (Å²) in [6.45, 7) is 12.5. The lowest BCUT2D eigenvalue weighted by Crippen LogP contribution is -2.27. The van der Waals surface area contributed by atoms with E-state index >= 15 is 0 Å². The molecule has 1 aliphatic heterocycles. The van der Waals surface area contributed by atoms with Gasteiger partial charge in [-0.3, -0.25) is 14.5 Å². The van der Waals surface area contributed by atoms with Gasteiger partial charge in [0, 0.05) is 11.1 Å². The summed E-state index contributed by atoms with van der Waals surface area (Å²) >= 11 is 0.963. The van der Waals surface area contributed by atoms with Crippen LogP contribution in [-0.4, -0.2) is 21.2 Å². The number of carbonyl (C=O) groups is 2. The number of imide groups is 1. The van der Waals surface area contributed by atoms with Crippen LogP contribution in [0.5, 0.6) is 5.75 Å². The molecule has 2 aromatic rings. The van der Waals surface area contributed by atoms with E-state index in [1.165, 1.54) is 4.90 Å². The van der Waals surface area contributed by atoms with Crippen molar-refractivity contribution in [2.45, 2.75) is 58.9 Å². The fraction of sp³-hybridized carbons (Fsp3) is 0.360. The van der Waals surface area contributed by atoms with Crippen LogP contribution in [0.25, 0.3) is 6.08 Å². The molecule has 0 radical (unpaired) electrons. The fourth-order valence-corrected chi connectivity index (χ4v) is 4.28. The van der Waals surface area contributed by atoms with E-state index in [1.807, 2.05) is 84.0 Å². The Kier molecular flexibility index (Phi) is 5.87. The van der Waals surface area contributed by atoms with E-state index in [1.54, 1.807) is 6.08 Å². The smallest absolute Gasteiger partial charge is 0.293 e. The monoisotopic (exact) mass is 423 g/mol. The van der Waals surface area contributed by atoms with Crippen molar-refractivity contribution in [1.82, 2.24) is 4.90 Å². The minimum absolute atomic E-state index is 0.263. The highest BCUT2D eigenvalue weighted by Gasteiger charge is 2.35. The molecule has 1 aliphatic rings. The molecular formula is C25H29NO3S. The van der Waals surface area contributed by atoms with Gasteiger partial charge in [-0.05, 0) is 51.9 Å². The molecule has 0 aromatic heterocycles. The average molecular weight is 424 g/mol. The molecule has 1 fully saturated rings. The molecule has 5 heteroatoms. The number of carbonyl (C=O) groups excluding carboxylic acids is 2. The van der Waals surface area contributed by atoms with Crippen LogP contribution < -0.4 is 0 Å². The standard InChI is InChI=1S/C25H29NO3S/c1-24(2,3)18-12-17(13-19(21(18)27)25(4,5)6)14-20-22(28)26(23(29)30-20)15-16-10-8-7-9-11-16/h7-14,27H,15H2,1-6H3/b20-14-. The largest absolute Gasteiger partial charge is 0.507 e. The Morgan fingerprint density at radius 1 is 0.933 bits per heavy atom. The van der Waals surface area contributed by atoms with Gasteiger partial charge in [-0.15, -0.1) is 0 Å². The SMILES string of the molecule is CC(C)(C)c1cc(/C=C2\SC(=O)N(Cc3ccccc3)C2=O)cc(C(C)(C)C)c1O. The number of aromatic hydroxyl groups is 1. The summed E-state index contributed by atoms with van der Waals surface area (Å²) in [5, 5.41) is 10.6. The molecule has 2 amide bonds. The van der Waals surface area contributed by atoms with Crippen LogP contribution in [0.1, 0.15) is 63.8 Å². The van der Waals surface area contributed by atoms with Crippen LogP contribution in [0.2, 0.25) is 0 Å². The van der Waals surface area contributed by atoms with Gasteiger partial charge in [-0.25, -0.2) is 0 Å². The molecule has 4 nitrogen and oxygen atoms in total. The molecule has 2 aromatic carbocycles. The fourth-order valence-electron chi connectivity index (χ4n) is 3.44. The minimum Gasteiger partial charge on any atom is -0.507 e. The van der Waals surface area contributed by atoms with Crippen LogP contribution >= 0.6 is 11.8 Å². The third-order valence-electron chi connectivity index (χ3n) is 5.10. The summed E-state index contributed by atoms with van der Waals surface area (Å²) in [5.41, 5.74) is 2.85. The Balaban J connectivity index is 2.00. The number of rotatable bonds is 3. The topological polar surface area (TPSA) is 57.6 Å². The first kappa shape index (κ1) is 22.2. The van der Waals surface area contributed by atoms with Crippen LogP contribution in [-0.2, 0) is 22.2 Å². The molecule has 0 unspecified atom stereocenters. The molecule has 0 bridgehead atoms. The molecule has 1 N–H and O–H groups in total. The van der Waals surface area contributed by atoms with Crippen LogP contribution in [0.4, 0.5) is 4.79 Å². The third kappa shape index (κ3) is 4.62. The number of phenols is 1. The van der Waals surface area contributed by atoms with Crippen molar-refractivity contribution in [2.75, 3.05) is 0 Å². The summed E-state index contributed by atoms with van der Waals surface area (Å²) in [4.78, 5) is 27.1. The van der Waals surface area contributed by atoms with Crippen molar-refractivity contribution in [1.29, 1.82) is 0 Å². The summed E-state index contributed by atoms with van der Waals surface area (Å²) in [7, 11) is 0. The second-order valence-electron chi connectivity index (χ2n) is 9.72. The first-order chi connectivity index (χ1) is 13.9. The number of phenolic OH excluding ortho intramolecular Hbond substituents is 1. The van der Waals surface area contributed by atoms with Gasteiger partial charge < -0.3 is 5.11 Å². The van der Waals surface area contributed by atoms with Crippen molar-refractivity contribution in [3.63, 3.8) is 0 Å². The number of hydrogen-bond acceptors (Lipinski definition) is 4. The van der Waals surface area contributed by atoms with Crippen molar-refractivity contribution >= 4 is 29.0 Å². The maximum absolute atomic E-state index is 12.9. The quantitative estimate of drug-likeness (QED) is 0.595. The molecule has 0 spiro atoms. The number of amides is 2. The molecule has 30 heavy (non-hydrogen) atoms. The van der Waals surface area contributed by atoms with Gasteiger partial charge in [0.25, 0.3) is 11.1 Å². The van der Waals surface area contributed by atoms with Crippen molar-refractivity contribution in [3.8, 4) is 5.75 Å². The van der Waals surface area contributed by atoms with E-state index < -0.39 is 0 Å². The predicted molar refractivity (Wildman–Crippen MR) is 123 cm³/mol. The molecule has 3 rings (SSSR count). The third-order valence-corrected chi connectivity index (χ3v) is 6.01. The van der Waals surface area contributed by atoms with Crippen LogP contribution in [0.15, 0.2) is 47.4 Å². The van der Waals surface area contributed by atoms with E-state index in [0.717, 1.165) is 34.0 Å². The Labute approximate surface area is 183 Å². The second kappa shape index (κ2) is 7.95. The normalized spacial score (nSPS) is 16.6. The Bertz CT molecular complexity index is 976. The average Bonchev–Trinajstić information content (AvgIpc) is 2.89. The number of thioether (sulfide) groups is 1. The van der Waals surface area contributed by atoms with E-state index in [0.29, 0.717) is 10.7 Å². The lowest BCUT2D eigenvalue weighted by Gasteiger charge is -2.28. The molecule has 0 atom stereocenters. The Hall–Kier alpha value is -2.53. The molecule has 158 valence electrons. The van der Waals surface area contributed by atoms with Gasteiger partial charge in [-0.1, -0.05) is 71.9 Å². The van der Waals surface area contributed by atoms with Crippen LogP contribution in [0.3, 0.4) is 0 Å². The van der Waals surface area contributed by atoms with E-state index in [-0.39, 0.29) is 28.5 Å². The number of hydrogen-bond donors (Lipinski definition) is 1. The van der Waals surface area contributed by atoms with E-state index in [2.05, 4.69) is 0 Å². The maximum atomic E-state index is 12.9. The van der Waals surface area contributed by atoms with Gasteiger partial charge in [0.15, 0.2) is 0 Å². The highest BCUT2D eigenvalue weighted by Crippen LogP contribution is 2.41. The summed E-state index contributed by atoms with van der Waals surface area (Å²) < 4.78 is 0. The molecule has 1 saturated heterocycles. The first-order valence-corrected chi connectivity index (χ1v) is 10.9. The zero-order valence-corrected chi connectivity index (χ0v) is 19.3. The van der Waals surface area contributed by atoms with Gasteiger partial charge in [-0.2, -0.15) is 0 Å². The molecule has 1 heterocycles.